The average Bonchev–Trinajstić information content (AvgIpc) is 3.31. The second-order valence-corrected chi connectivity index (χ2v) is 6.43. The summed E-state index contributed by atoms with van der Waals surface area (Å²) in [6.07, 6.45) is 1.74. The molecule has 24 heavy (non-hydrogen) atoms. The van der Waals surface area contributed by atoms with Crippen molar-refractivity contribution in [2.24, 2.45) is 0 Å². The van der Waals surface area contributed by atoms with Gasteiger partial charge in [-0.05, 0) is 37.6 Å². The van der Waals surface area contributed by atoms with Crippen LogP contribution < -0.4 is 0 Å². The van der Waals surface area contributed by atoms with E-state index in [1.807, 2.05) is 37.3 Å². The lowest BCUT2D eigenvalue weighted by atomic mass is 10.1. The molecule has 0 radical (unpaired) electrons. The van der Waals surface area contributed by atoms with Crippen LogP contribution in [0.3, 0.4) is 0 Å². The summed E-state index contributed by atoms with van der Waals surface area (Å²) in [6, 6.07) is 14.3. The van der Waals surface area contributed by atoms with Crippen LogP contribution >= 0.6 is 0 Å². The van der Waals surface area contributed by atoms with Crippen LogP contribution in [0.5, 0.6) is 0 Å². The van der Waals surface area contributed by atoms with Crippen LogP contribution in [0.1, 0.15) is 41.2 Å². The van der Waals surface area contributed by atoms with Crippen molar-refractivity contribution in [1.82, 2.24) is 15.1 Å². The molecule has 4 rings (SSSR count). The molecule has 5 heteroatoms. The minimum atomic E-state index is 0.318. The Morgan fingerprint density at radius 1 is 1.08 bits per heavy atom. The Balaban J connectivity index is 1.37. The summed E-state index contributed by atoms with van der Waals surface area (Å²) in [5.74, 6) is 3.75. The Morgan fingerprint density at radius 3 is 2.75 bits per heavy atom. The Labute approximate surface area is 141 Å². The van der Waals surface area contributed by atoms with Crippen LogP contribution in [0.15, 0.2) is 51.3 Å². The lowest BCUT2D eigenvalue weighted by Gasteiger charge is -2.12. The molecule has 0 amide bonds. The molecule has 0 N–H and O–H groups in total. The van der Waals surface area contributed by atoms with Crippen LogP contribution in [0, 0.1) is 6.92 Å². The molecule has 5 nitrogen and oxygen atoms in total. The van der Waals surface area contributed by atoms with Gasteiger partial charge in [-0.1, -0.05) is 30.3 Å². The fourth-order valence-electron chi connectivity index (χ4n) is 3.24. The average molecular weight is 323 g/mol. The fraction of sp³-hybridized carbons (Fsp3) is 0.368. The van der Waals surface area contributed by atoms with E-state index in [-0.39, 0.29) is 0 Å². The van der Waals surface area contributed by atoms with Gasteiger partial charge >= 0.3 is 0 Å². The van der Waals surface area contributed by atoms with E-state index in [2.05, 4.69) is 27.2 Å². The maximum absolute atomic E-state index is 5.90. The van der Waals surface area contributed by atoms with Crippen molar-refractivity contribution in [2.45, 2.75) is 32.2 Å². The van der Waals surface area contributed by atoms with Gasteiger partial charge in [0.05, 0.1) is 18.9 Å². The summed E-state index contributed by atoms with van der Waals surface area (Å²) in [7, 11) is 0. The summed E-state index contributed by atoms with van der Waals surface area (Å²) in [5, 5.41) is 8.49. The van der Waals surface area contributed by atoms with Gasteiger partial charge in [-0.3, -0.25) is 4.90 Å². The van der Waals surface area contributed by atoms with Gasteiger partial charge in [0.15, 0.2) is 0 Å². The molecule has 3 aromatic rings. The third-order valence-corrected chi connectivity index (χ3v) is 4.48. The zero-order valence-electron chi connectivity index (χ0n) is 13.8. The highest BCUT2D eigenvalue weighted by molar-refractivity contribution is 5.18. The molecule has 1 aromatic carbocycles. The van der Waals surface area contributed by atoms with Crippen molar-refractivity contribution in [2.75, 3.05) is 13.1 Å². The van der Waals surface area contributed by atoms with Crippen molar-refractivity contribution in [3.63, 3.8) is 0 Å². The number of rotatable bonds is 5. The largest absolute Gasteiger partial charge is 0.465 e. The van der Waals surface area contributed by atoms with Gasteiger partial charge in [-0.25, -0.2) is 0 Å². The first kappa shape index (κ1) is 15.1. The number of furan rings is 1. The number of benzene rings is 1. The van der Waals surface area contributed by atoms with E-state index >= 15 is 0 Å². The van der Waals surface area contributed by atoms with Gasteiger partial charge in [-0.2, -0.15) is 0 Å². The Hall–Kier alpha value is -2.40. The van der Waals surface area contributed by atoms with Crippen molar-refractivity contribution in [1.29, 1.82) is 0 Å². The summed E-state index contributed by atoms with van der Waals surface area (Å²) >= 11 is 0. The van der Waals surface area contributed by atoms with Gasteiger partial charge in [0.25, 0.3) is 0 Å². The fourth-order valence-corrected chi connectivity index (χ4v) is 3.24. The minimum Gasteiger partial charge on any atom is -0.465 e. The molecular formula is C19H21N3O2. The number of likely N-dealkylation sites (tertiary alicyclic amines) is 1. The maximum Gasteiger partial charge on any atom is 0.220 e. The van der Waals surface area contributed by atoms with E-state index in [0.29, 0.717) is 18.2 Å². The third kappa shape index (κ3) is 3.41. The second-order valence-electron chi connectivity index (χ2n) is 6.43. The number of nitrogens with zero attached hydrogens (tertiary/aromatic N) is 3. The third-order valence-electron chi connectivity index (χ3n) is 4.48. The molecule has 0 unspecified atom stereocenters. The number of aryl methyl sites for hydroxylation is 1. The molecule has 2 aromatic heterocycles. The second kappa shape index (κ2) is 6.61. The van der Waals surface area contributed by atoms with Crippen molar-refractivity contribution >= 4 is 0 Å². The van der Waals surface area contributed by atoms with E-state index < -0.39 is 0 Å². The van der Waals surface area contributed by atoms with Crippen molar-refractivity contribution in [3.05, 3.63) is 71.3 Å². The minimum absolute atomic E-state index is 0.318. The molecular weight excluding hydrogens is 302 g/mol. The molecule has 1 aliphatic rings. The molecule has 0 aliphatic carbocycles. The van der Waals surface area contributed by atoms with E-state index in [1.54, 1.807) is 0 Å². The lowest BCUT2D eigenvalue weighted by Crippen LogP contribution is -2.19. The molecule has 1 aliphatic heterocycles. The van der Waals surface area contributed by atoms with Gasteiger partial charge in [-0.15, -0.1) is 10.2 Å². The zero-order chi connectivity index (χ0) is 16.4. The predicted octanol–water partition coefficient (Wildman–Crippen LogP) is 3.55. The first-order valence-corrected chi connectivity index (χ1v) is 8.40. The van der Waals surface area contributed by atoms with E-state index in [9.17, 15) is 0 Å². The first-order valence-electron chi connectivity index (χ1n) is 8.40. The first-order chi connectivity index (χ1) is 11.8. The van der Waals surface area contributed by atoms with Crippen LogP contribution in [0.2, 0.25) is 0 Å². The monoisotopic (exact) mass is 323 g/mol. The molecule has 1 fully saturated rings. The zero-order valence-corrected chi connectivity index (χ0v) is 13.8. The molecule has 0 spiro atoms. The highest BCUT2D eigenvalue weighted by Gasteiger charge is 2.28. The standard InChI is InChI=1S/C19H21N3O2/c1-14-7-8-17(23-14)13-22-10-9-16(12-22)19-21-20-18(24-19)11-15-5-3-2-4-6-15/h2-8,16H,9-13H2,1H3/t16-/m0/s1. The number of aromatic nitrogens is 2. The van der Waals surface area contributed by atoms with Gasteiger partial charge in [0.1, 0.15) is 11.5 Å². The van der Waals surface area contributed by atoms with Crippen molar-refractivity contribution < 1.29 is 8.83 Å². The van der Waals surface area contributed by atoms with Gasteiger partial charge in [0, 0.05) is 6.54 Å². The highest BCUT2D eigenvalue weighted by Crippen LogP contribution is 2.28. The topological polar surface area (TPSA) is 55.3 Å². The molecule has 124 valence electrons. The van der Waals surface area contributed by atoms with Gasteiger partial charge < -0.3 is 8.83 Å². The maximum atomic E-state index is 5.90. The van der Waals surface area contributed by atoms with Crippen LogP contribution in [0.4, 0.5) is 0 Å². The SMILES string of the molecule is Cc1ccc(CN2CC[C@H](c3nnc(Cc4ccccc4)o3)C2)o1. The molecule has 3 heterocycles. The normalized spacial score (nSPS) is 18.3. The summed E-state index contributed by atoms with van der Waals surface area (Å²) in [4.78, 5) is 2.38. The molecule has 0 bridgehead atoms. The van der Waals surface area contributed by atoms with Crippen molar-refractivity contribution in [3.8, 4) is 0 Å². The number of hydrogen-bond donors (Lipinski definition) is 0. The Bertz CT molecular complexity index is 794. The summed E-state index contributed by atoms with van der Waals surface area (Å²) in [6.45, 7) is 4.78. The van der Waals surface area contributed by atoms with E-state index in [4.69, 9.17) is 8.83 Å². The summed E-state index contributed by atoms with van der Waals surface area (Å²) < 4.78 is 11.6. The Kier molecular flexibility index (Phi) is 4.17. The number of hydrogen-bond acceptors (Lipinski definition) is 5. The van der Waals surface area contributed by atoms with Crippen LogP contribution in [0.25, 0.3) is 0 Å². The molecule has 1 saturated heterocycles. The van der Waals surface area contributed by atoms with Crippen LogP contribution in [-0.4, -0.2) is 28.2 Å². The van der Waals surface area contributed by atoms with E-state index in [1.165, 1.54) is 5.56 Å². The van der Waals surface area contributed by atoms with E-state index in [0.717, 1.165) is 43.5 Å². The predicted molar refractivity (Wildman–Crippen MR) is 89.6 cm³/mol. The Morgan fingerprint density at radius 2 is 1.96 bits per heavy atom. The van der Waals surface area contributed by atoms with Gasteiger partial charge in [0.2, 0.25) is 11.8 Å². The van der Waals surface area contributed by atoms with Crippen LogP contribution in [-0.2, 0) is 13.0 Å². The highest BCUT2D eigenvalue weighted by atomic mass is 16.4. The molecule has 1 atom stereocenters. The summed E-state index contributed by atoms with van der Waals surface area (Å²) in [5.41, 5.74) is 1.19. The quantitative estimate of drug-likeness (QED) is 0.718. The molecule has 0 saturated carbocycles. The lowest BCUT2D eigenvalue weighted by molar-refractivity contribution is 0.286. The smallest absolute Gasteiger partial charge is 0.220 e.